The molecule has 0 unspecified atom stereocenters. The number of hydrogen-bond donors (Lipinski definition) is 0. The van der Waals surface area contributed by atoms with Gasteiger partial charge in [-0.05, 0) is 18.4 Å². The van der Waals surface area contributed by atoms with Crippen molar-refractivity contribution in [1.82, 2.24) is 0 Å². The molecular formula is C13H24. The maximum atomic E-state index is 2.24. The van der Waals surface area contributed by atoms with Gasteiger partial charge < -0.3 is 0 Å². The van der Waals surface area contributed by atoms with Crippen LogP contribution in [0.25, 0.3) is 0 Å². The second-order valence-electron chi connectivity index (χ2n) is 3.07. The molecule has 0 saturated carbocycles. The molecule has 0 spiro atoms. The van der Waals surface area contributed by atoms with E-state index in [1.165, 1.54) is 11.1 Å². The van der Waals surface area contributed by atoms with Gasteiger partial charge in [0.2, 0.25) is 0 Å². The van der Waals surface area contributed by atoms with Crippen LogP contribution in [-0.2, 0) is 0 Å². The third-order valence-corrected chi connectivity index (χ3v) is 1.71. The summed E-state index contributed by atoms with van der Waals surface area (Å²) in [6, 6.07) is 8.67. The molecule has 0 aromatic heterocycles. The van der Waals surface area contributed by atoms with Crippen LogP contribution < -0.4 is 0 Å². The van der Waals surface area contributed by atoms with Crippen LogP contribution in [0.4, 0.5) is 0 Å². The van der Waals surface area contributed by atoms with E-state index in [1.807, 2.05) is 13.8 Å². The number of aryl methyl sites for hydroxylation is 1. The van der Waals surface area contributed by atoms with E-state index in [0.29, 0.717) is 5.92 Å². The predicted molar refractivity (Wildman–Crippen MR) is 63.3 cm³/mol. The summed E-state index contributed by atoms with van der Waals surface area (Å²) >= 11 is 0. The second kappa shape index (κ2) is 7.85. The molecule has 0 amide bonds. The molecule has 1 rings (SSSR count). The van der Waals surface area contributed by atoms with E-state index in [0.717, 1.165) is 0 Å². The van der Waals surface area contributed by atoms with Crippen molar-refractivity contribution in [3.05, 3.63) is 35.4 Å². The Bertz CT molecular complexity index is 211. The summed E-state index contributed by atoms with van der Waals surface area (Å²) in [5, 5.41) is 0. The first-order valence-corrected chi connectivity index (χ1v) is 4.76. The largest absolute Gasteiger partial charge is 0.0776 e. The zero-order valence-electron chi connectivity index (χ0n) is 8.89. The van der Waals surface area contributed by atoms with Gasteiger partial charge in [-0.3, -0.25) is 0 Å². The van der Waals surface area contributed by atoms with Gasteiger partial charge in [-0.15, -0.1) is 0 Å². The molecule has 0 atom stereocenters. The average molecular weight is 180 g/mol. The van der Waals surface area contributed by atoms with E-state index < -0.39 is 0 Å². The molecule has 76 valence electrons. The van der Waals surface area contributed by atoms with Crippen LogP contribution in [0.15, 0.2) is 24.3 Å². The first kappa shape index (κ1) is 14.7. The molecule has 0 radical (unpaired) electrons. The molecule has 0 bridgehead atoms. The lowest BCUT2D eigenvalue weighted by atomic mass is 10.0. The van der Waals surface area contributed by atoms with E-state index in [-0.39, 0.29) is 7.43 Å². The van der Waals surface area contributed by atoms with E-state index in [1.54, 1.807) is 0 Å². The van der Waals surface area contributed by atoms with Crippen LogP contribution >= 0.6 is 0 Å². The van der Waals surface area contributed by atoms with Gasteiger partial charge in [0, 0.05) is 0 Å². The Balaban J connectivity index is 0. The molecule has 1 aromatic rings. The second-order valence-corrected chi connectivity index (χ2v) is 3.07. The van der Waals surface area contributed by atoms with Crippen molar-refractivity contribution >= 4 is 0 Å². The molecule has 0 aliphatic carbocycles. The summed E-state index contributed by atoms with van der Waals surface area (Å²) in [5.41, 5.74) is 2.78. The zero-order chi connectivity index (χ0) is 9.56. The number of benzene rings is 1. The molecule has 0 nitrogen and oxygen atoms in total. The molecule has 1 aromatic carbocycles. The van der Waals surface area contributed by atoms with Crippen molar-refractivity contribution in [1.29, 1.82) is 0 Å². The lowest BCUT2D eigenvalue weighted by Crippen LogP contribution is -1.86. The molecular weight excluding hydrogens is 156 g/mol. The molecule has 0 N–H and O–H groups in total. The lowest BCUT2D eigenvalue weighted by Gasteiger charge is -2.04. The molecule has 0 aliphatic rings. The zero-order valence-corrected chi connectivity index (χ0v) is 8.89. The highest BCUT2D eigenvalue weighted by molar-refractivity contribution is 5.24. The fraction of sp³-hybridized carbons (Fsp3) is 0.538. The van der Waals surface area contributed by atoms with E-state index >= 15 is 0 Å². The topological polar surface area (TPSA) is 0 Å². The fourth-order valence-electron chi connectivity index (χ4n) is 1.03. The smallest absolute Gasteiger partial charge is 0.0219 e. The van der Waals surface area contributed by atoms with Gasteiger partial charge in [0.05, 0.1) is 0 Å². The van der Waals surface area contributed by atoms with Crippen molar-refractivity contribution < 1.29 is 0 Å². The van der Waals surface area contributed by atoms with Gasteiger partial charge in [0.25, 0.3) is 0 Å². The minimum Gasteiger partial charge on any atom is -0.0776 e. The summed E-state index contributed by atoms with van der Waals surface area (Å²) in [7, 11) is 0. The highest BCUT2D eigenvalue weighted by Crippen LogP contribution is 2.14. The summed E-state index contributed by atoms with van der Waals surface area (Å²) in [6.45, 7) is 10.6. The van der Waals surface area contributed by atoms with Gasteiger partial charge in [-0.25, -0.2) is 0 Å². The van der Waals surface area contributed by atoms with Crippen molar-refractivity contribution in [2.45, 2.75) is 48.0 Å². The molecule has 0 aliphatic heterocycles. The highest BCUT2D eigenvalue weighted by Gasteiger charge is 1.96. The summed E-state index contributed by atoms with van der Waals surface area (Å²) in [5.74, 6) is 0.653. The Labute approximate surface area is 84.0 Å². The van der Waals surface area contributed by atoms with Crippen LogP contribution in [0.1, 0.15) is 52.2 Å². The predicted octanol–water partition coefficient (Wildman–Crippen LogP) is 4.78. The Kier molecular flexibility index (Phi) is 8.89. The van der Waals surface area contributed by atoms with Gasteiger partial charge >= 0.3 is 0 Å². The van der Waals surface area contributed by atoms with Crippen LogP contribution in [0.5, 0.6) is 0 Å². The molecule has 0 saturated heterocycles. The number of hydrogen-bond acceptors (Lipinski definition) is 0. The van der Waals surface area contributed by atoms with Crippen molar-refractivity contribution in [3.63, 3.8) is 0 Å². The Morgan fingerprint density at radius 3 is 1.92 bits per heavy atom. The van der Waals surface area contributed by atoms with Crippen molar-refractivity contribution in [3.8, 4) is 0 Å². The van der Waals surface area contributed by atoms with Crippen LogP contribution in [-0.4, -0.2) is 0 Å². The quantitative estimate of drug-likeness (QED) is 0.583. The maximum Gasteiger partial charge on any atom is -0.0219 e. The van der Waals surface area contributed by atoms with Crippen LogP contribution in [0.3, 0.4) is 0 Å². The molecule has 0 fully saturated rings. The van der Waals surface area contributed by atoms with Crippen LogP contribution in [0, 0.1) is 6.92 Å². The first-order chi connectivity index (χ1) is 5.70. The minimum atomic E-state index is 0. The average Bonchev–Trinajstić information content (AvgIpc) is 2.08. The Morgan fingerprint density at radius 1 is 1.08 bits per heavy atom. The summed E-state index contributed by atoms with van der Waals surface area (Å²) in [6.07, 6.45) is 0. The van der Waals surface area contributed by atoms with Gasteiger partial charge in [-0.2, -0.15) is 0 Å². The van der Waals surface area contributed by atoms with E-state index in [9.17, 15) is 0 Å². The highest BCUT2D eigenvalue weighted by atomic mass is 14.0. The minimum absolute atomic E-state index is 0. The lowest BCUT2D eigenvalue weighted by molar-refractivity contribution is 0.865. The Morgan fingerprint density at radius 2 is 1.62 bits per heavy atom. The van der Waals surface area contributed by atoms with Gasteiger partial charge in [0.1, 0.15) is 0 Å². The normalized spacial score (nSPS) is 8.46. The van der Waals surface area contributed by atoms with Crippen molar-refractivity contribution in [2.24, 2.45) is 0 Å². The number of rotatable bonds is 1. The first-order valence-electron chi connectivity index (χ1n) is 4.76. The maximum absolute atomic E-state index is 2.24. The monoisotopic (exact) mass is 180 g/mol. The van der Waals surface area contributed by atoms with Crippen molar-refractivity contribution in [2.75, 3.05) is 0 Å². The van der Waals surface area contributed by atoms with Gasteiger partial charge in [-0.1, -0.05) is 65.0 Å². The molecule has 0 heterocycles. The fourth-order valence-corrected chi connectivity index (χ4v) is 1.03. The molecule has 0 heteroatoms. The SMILES string of the molecule is C.CC.Cc1cccc(C(C)C)c1. The molecule has 13 heavy (non-hydrogen) atoms. The summed E-state index contributed by atoms with van der Waals surface area (Å²) in [4.78, 5) is 0. The van der Waals surface area contributed by atoms with Gasteiger partial charge in [0.15, 0.2) is 0 Å². The van der Waals surface area contributed by atoms with Crippen LogP contribution in [0.2, 0.25) is 0 Å². The standard InChI is InChI=1S/C10H14.C2H6.CH4/c1-8(2)10-6-4-5-9(3)7-10;1-2;/h4-8H,1-3H3;1-2H3;1H4. The Hall–Kier alpha value is -0.780. The summed E-state index contributed by atoms with van der Waals surface area (Å²) < 4.78 is 0. The van der Waals surface area contributed by atoms with E-state index in [4.69, 9.17) is 0 Å². The third-order valence-electron chi connectivity index (χ3n) is 1.71. The third kappa shape index (κ3) is 5.46. The van der Waals surface area contributed by atoms with E-state index in [2.05, 4.69) is 45.0 Å².